The molecule has 0 unspecified atom stereocenters. The van der Waals surface area contributed by atoms with Gasteiger partial charge in [-0.05, 0) is 58.7 Å². The molecule has 7 heteroatoms. The molecule has 1 aliphatic heterocycles. The monoisotopic (exact) mass is 399 g/mol. The maximum Gasteiger partial charge on any atom is 0.338 e. The third kappa shape index (κ3) is 5.02. The number of aromatic nitrogens is 2. The van der Waals surface area contributed by atoms with Crippen molar-refractivity contribution in [1.82, 2.24) is 14.9 Å². The number of carbonyl (C=O) groups excluding carboxylic acids is 2. The summed E-state index contributed by atoms with van der Waals surface area (Å²) >= 11 is 0. The molecule has 0 bridgehead atoms. The fourth-order valence-corrected chi connectivity index (χ4v) is 3.48. The van der Waals surface area contributed by atoms with E-state index in [4.69, 9.17) is 4.74 Å². The lowest BCUT2D eigenvalue weighted by Crippen LogP contribution is -2.46. The minimum Gasteiger partial charge on any atom is -0.449 e. The van der Waals surface area contributed by atoms with Gasteiger partial charge >= 0.3 is 5.97 Å². The Labute approximate surface area is 170 Å². The van der Waals surface area contributed by atoms with Gasteiger partial charge in [0.2, 0.25) is 0 Å². The van der Waals surface area contributed by atoms with E-state index in [1.165, 1.54) is 6.92 Å². The molecule has 2 heterocycles. The molecular weight excluding hydrogens is 370 g/mol. The van der Waals surface area contributed by atoms with Crippen molar-refractivity contribution < 1.29 is 14.3 Å². The first-order valence-corrected chi connectivity index (χ1v) is 10.2. The Kier molecular flexibility index (Phi) is 6.05. The average Bonchev–Trinajstić information content (AvgIpc) is 2.61. The normalized spacial score (nSPS) is 15.7. The van der Waals surface area contributed by atoms with Gasteiger partial charge in [0.05, 0.1) is 16.5 Å². The second-order valence-corrected chi connectivity index (χ2v) is 8.67. The van der Waals surface area contributed by atoms with Crippen molar-refractivity contribution in [3.63, 3.8) is 0 Å². The van der Waals surface area contributed by atoms with E-state index in [0.29, 0.717) is 17.4 Å². The lowest BCUT2D eigenvalue weighted by molar-refractivity contribution is -0.130. The van der Waals surface area contributed by atoms with Gasteiger partial charge in [0.15, 0.2) is 6.10 Å². The number of aryl methyl sites for hydroxylation is 1. The molecule has 1 N–H and O–H groups in total. The first-order valence-electron chi connectivity index (χ1n) is 10.2. The third-order valence-corrected chi connectivity index (χ3v) is 4.95. The Morgan fingerprint density at radius 1 is 1.17 bits per heavy atom. The van der Waals surface area contributed by atoms with Gasteiger partial charge in [0.25, 0.3) is 11.5 Å². The van der Waals surface area contributed by atoms with Crippen molar-refractivity contribution in [2.45, 2.75) is 78.0 Å². The zero-order valence-corrected chi connectivity index (χ0v) is 17.6. The van der Waals surface area contributed by atoms with Crippen molar-refractivity contribution in [1.29, 1.82) is 0 Å². The second kappa shape index (κ2) is 8.35. The van der Waals surface area contributed by atoms with E-state index in [2.05, 4.69) is 10.3 Å². The summed E-state index contributed by atoms with van der Waals surface area (Å²) < 4.78 is 7.07. The topological polar surface area (TPSA) is 90.3 Å². The molecule has 2 aromatic rings. The molecule has 0 radical (unpaired) electrons. The number of nitrogens with one attached hydrogen (secondary N) is 1. The summed E-state index contributed by atoms with van der Waals surface area (Å²) in [6.07, 6.45) is 4.06. The predicted octanol–water partition coefficient (Wildman–Crippen LogP) is 2.97. The second-order valence-electron chi connectivity index (χ2n) is 8.67. The first kappa shape index (κ1) is 21.0. The molecule has 3 rings (SSSR count). The quantitative estimate of drug-likeness (QED) is 0.802. The van der Waals surface area contributed by atoms with Gasteiger partial charge in [-0.25, -0.2) is 9.78 Å². The number of esters is 1. The molecule has 0 saturated carbocycles. The summed E-state index contributed by atoms with van der Waals surface area (Å²) in [5, 5.41) is 3.28. The SMILES string of the molecule is C[C@@H](OC(=O)c1ccc2c(=O)n3c(nc2c1)CCCCCC3)C(=O)NC(C)(C)C. The minimum atomic E-state index is -0.924. The van der Waals surface area contributed by atoms with Crippen LogP contribution in [0.25, 0.3) is 10.9 Å². The van der Waals surface area contributed by atoms with E-state index < -0.39 is 17.6 Å². The summed E-state index contributed by atoms with van der Waals surface area (Å²) in [4.78, 5) is 42.2. The summed E-state index contributed by atoms with van der Waals surface area (Å²) in [5.41, 5.74) is 0.284. The van der Waals surface area contributed by atoms with E-state index in [1.807, 2.05) is 20.8 Å². The van der Waals surface area contributed by atoms with E-state index in [0.717, 1.165) is 37.9 Å². The Morgan fingerprint density at radius 2 is 1.90 bits per heavy atom. The number of amides is 1. The van der Waals surface area contributed by atoms with Crippen molar-refractivity contribution in [2.75, 3.05) is 0 Å². The Bertz CT molecular complexity index is 988. The number of fused-ring (bicyclic) bond motifs is 2. The molecule has 1 aromatic carbocycles. The van der Waals surface area contributed by atoms with Gasteiger partial charge in [-0.3, -0.25) is 14.2 Å². The molecule has 1 atom stereocenters. The molecule has 0 saturated heterocycles. The highest BCUT2D eigenvalue weighted by atomic mass is 16.5. The molecule has 156 valence electrons. The van der Waals surface area contributed by atoms with Crippen LogP contribution in [-0.4, -0.2) is 33.1 Å². The van der Waals surface area contributed by atoms with Crippen LogP contribution in [0, 0.1) is 0 Å². The number of rotatable bonds is 3. The van der Waals surface area contributed by atoms with E-state index in [9.17, 15) is 14.4 Å². The lowest BCUT2D eigenvalue weighted by atomic mass is 10.1. The van der Waals surface area contributed by atoms with Crippen LogP contribution >= 0.6 is 0 Å². The number of ether oxygens (including phenoxy) is 1. The Hall–Kier alpha value is -2.70. The minimum absolute atomic E-state index is 0.0651. The molecular formula is C22H29N3O4. The van der Waals surface area contributed by atoms with Gasteiger partial charge in [-0.1, -0.05) is 12.8 Å². The molecule has 0 aliphatic carbocycles. The first-order chi connectivity index (χ1) is 13.7. The Balaban J connectivity index is 1.85. The highest BCUT2D eigenvalue weighted by molar-refractivity contribution is 5.95. The molecule has 1 aromatic heterocycles. The summed E-state index contributed by atoms with van der Waals surface area (Å²) in [6, 6.07) is 4.75. The van der Waals surface area contributed by atoms with Crippen LogP contribution in [0.4, 0.5) is 0 Å². The zero-order valence-electron chi connectivity index (χ0n) is 17.6. The van der Waals surface area contributed by atoms with E-state index in [1.54, 1.807) is 22.8 Å². The van der Waals surface area contributed by atoms with Gasteiger partial charge < -0.3 is 10.1 Å². The molecule has 0 spiro atoms. The lowest BCUT2D eigenvalue weighted by Gasteiger charge is -2.23. The van der Waals surface area contributed by atoms with E-state index in [-0.39, 0.29) is 17.0 Å². The van der Waals surface area contributed by atoms with Crippen LogP contribution < -0.4 is 10.9 Å². The van der Waals surface area contributed by atoms with Crippen LogP contribution in [0.2, 0.25) is 0 Å². The van der Waals surface area contributed by atoms with Crippen molar-refractivity contribution in [3.05, 3.63) is 39.9 Å². The summed E-state index contributed by atoms with van der Waals surface area (Å²) in [7, 11) is 0. The summed E-state index contributed by atoms with van der Waals surface area (Å²) in [6.45, 7) is 7.79. The maximum absolute atomic E-state index is 12.9. The van der Waals surface area contributed by atoms with Crippen molar-refractivity contribution in [3.8, 4) is 0 Å². The molecule has 1 amide bonds. The van der Waals surface area contributed by atoms with Gasteiger partial charge in [-0.2, -0.15) is 0 Å². The smallest absolute Gasteiger partial charge is 0.338 e. The summed E-state index contributed by atoms with van der Waals surface area (Å²) in [5.74, 6) is -0.202. The largest absolute Gasteiger partial charge is 0.449 e. The highest BCUT2D eigenvalue weighted by Gasteiger charge is 2.23. The molecule has 0 fully saturated rings. The van der Waals surface area contributed by atoms with Gasteiger partial charge in [0.1, 0.15) is 5.82 Å². The fourth-order valence-electron chi connectivity index (χ4n) is 3.48. The third-order valence-electron chi connectivity index (χ3n) is 4.95. The van der Waals surface area contributed by atoms with Crippen LogP contribution in [0.1, 0.15) is 69.6 Å². The van der Waals surface area contributed by atoms with Crippen LogP contribution in [0.3, 0.4) is 0 Å². The number of benzene rings is 1. The van der Waals surface area contributed by atoms with E-state index >= 15 is 0 Å². The van der Waals surface area contributed by atoms with Crippen LogP contribution in [0.5, 0.6) is 0 Å². The zero-order chi connectivity index (χ0) is 21.2. The number of hydrogen-bond acceptors (Lipinski definition) is 5. The maximum atomic E-state index is 12.9. The number of hydrogen-bond donors (Lipinski definition) is 1. The fraction of sp³-hybridized carbons (Fsp3) is 0.545. The van der Waals surface area contributed by atoms with Crippen LogP contribution in [-0.2, 0) is 22.5 Å². The average molecular weight is 399 g/mol. The predicted molar refractivity (Wildman–Crippen MR) is 111 cm³/mol. The van der Waals surface area contributed by atoms with Crippen molar-refractivity contribution in [2.24, 2.45) is 0 Å². The Morgan fingerprint density at radius 3 is 2.62 bits per heavy atom. The van der Waals surface area contributed by atoms with Crippen LogP contribution in [0.15, 0.2) is 23.0 Å². The number of nitrogens with zero attached hydrogens (tertiary/aromatic N) is 2. The number of carbonyl (C=O) groups is 2. The standard InChI is InChI=1S/C22H29N3O4/c1-14(19(26)24-22(2,3)4)29-21(28)15-10-11-16-17(13-15)23-18-9-7-5-6-8-12-25(18)20(16)27/h10-11,13-14H,5-9,12H2,1-4H3,(H,24,26)/t14-/m1/s1. The molecule has 1 aliphatic rings. The highest BCUT2D eigenvalue weighted by Crippen LogP contribution is 2.17. The van der Waals surface area contributed by atoms with Gasteiger partial charge in [0, 0.05) is 18.5 Å². The van der Waals surface area contributed by atoms with Crippen molar-refractivity contribution >= 4 is 22.8 Å². The van der Waals surface area contributed by atoms with Gasteiger partial charge in [-0.15, -0.1) is 0 Å². The molecule has 29 heavy (non-hydrogen) atoms. The molecule has 7 nitrogen and oxygen atoms in total.